The Balaban J connectivity index is 1.25. The molecule has 0 N–H and O–H groups in total. The Kier molecular flexibility index (Phi) is 6.75. The van der Waals surface area contributed by atoms with Gasteiger partial charge >= 0.3 is 0 Å². The first kappa shape index (κ1) is 23.1. The van der Waals surface area contributed by atoms with Gasteiger partial charge in [-0.1, -0.05) is 48.5 Å². The van der Waals surface area contributed by atoms with Crippen molar-refractivity contribution in [3.63, 3.8) is 0 Å². The van der Waals surface area contributed by atoms with Crippen LogP contribution < -0.4 is 0 Å². The molecule has 5 heteroatoms. The highest BCUT2D eigenvalue weighted by Crippen LogP contribution is 2.38. The lowest BCUT2D eigenvalue weighted by molar-refractivity contribution is 0.0655. The lowest BCUT2D eigenvalue weighted by Crippen LogP contribution is -2.20. The van der Waals surface area contributed by atoms with Crippen molar-refractivity contribution in [3.05, 3.63) is 94.3 Å². The molecule has 2 nitrogen and oxygen atoms in total. The number of benzene rings is 3. The van der Waals surface area contributed by atoms with E-state index < -0.39 is 11.6 Å². The van der Waals surface area contributed by atoms with E-state index in [1.54, 1.807) is 37.4 Å². The van der Waals surface area contributed by atoms with Gasteiger partial charge in [-0.15, -0.1) is 0 Å². The molecule has 1 heterocycles. The Labute approximate surface area is 198 Å². The lowest BCUT2D eigenvalue weighted by atomic mass is 9.82. The van der Waals surface area contributed by atoms with E-state index >= 15 is 4.39 Å². The van der Waals surface area contributed by atoms with Crippen LogP contribution in [0.15, 0.2) is 54.6 Å². The number of epoxide rings is 1. The summed E-state index contributed by atoms with van der Waals surface area (Å²) in [6, 6.07) is 16.1. The second-order valence-electron chi connectivity index (χ2n) is 9.41. The smallest absolute Gasteiger partial charge is 0.166 e. The largest absolute Gasteiger partial charge is 0.381 e. The molecule has 0 spiro atoms. The molecule has 5 rings (SSSR count). The average molecular weight is 467 g/mol. The summed E-state index contributed by atoms with van der Waals surface area (Å²) >= 11 is 0. The summed E-state index contributed by atoms with van der Waals surface area (Å²) in [6.45, 7) is 0.660. The number of hydrogen-bond donors (Lipinski definition) is 0. The van der Waals surface area contributed by atoms with Crippen molar-refractivity contribution in [1.82, 2.24) is 0 Å². The van der Waals surface area contributed by atoms with E-state index in [-0.39, 0.29) is 29.5 Å². The average Bonchev–Trinajstić information content (AvgIpc) is 3.71. The van der Waals surface area contributed by atoms with E-state index in [9.17, 15) is 8.78 Å². The van der Waals surface area contributed by atoms with Gasteiger partial charge in [0.2, 0.25) is 0 Å². The first-order valence-electron chi connectivity index (χ1n) is 12.0. The molecule has 1 aliphatic carbocycles. The van der Waals surface area contributed by atoms with Crippen molar-refractivity contribution in [2.24, 2.45) is 0 Å². The predicted octanol–water partition coefficient (Wildman–Crippen LogP) is 7.30. The third-order valence-electron chi connectivity index (χ3n) is 7.29. The van der Waals surface area contributed by atoms with Crippen molar-refractivity contribution >= 4 is 0 Å². The van der Waals surface area contributed by atoms with Crippen molar-refractivity contribution < 1.29 is 22.6 Å². The molecular formula is C29H29F3O2. The minimum atomic E-state index is -0.791. The first-order chi connectivity index (χ1) is 16.5. The lowest BCUT2D eigenvalue weighted by Gasteiger charge is -2.28. The van der Waals surface area contributed by atoms with Crippen LogP contribution in [0.3, 0.4) is 0 Å². The zero-order valence-electron chi connectivity index (χ0n) is 19.3. The van der Waals surface area contributed by atoms with Crippen LogP contribution >= 0.6 is 0 Å². The van der Waals surface area contributed by atoms with E-state index in [1.807, 2.05) is 24.3 Å². The number of halogens is 3. The SMILES string of the molecule is COC1CCC(c2ccc(-c3ccc(CCc4ccc(C5CO5)cc4F)cc3)c(F)c2F)CC1. The molecule has 0 amide bonds. The molecule has 1 saturated carbocycles. The number of methoxy groups -OCH3 is 1. The van der Waals surface area contributed by atoms with Crippen LogP contribution in [0.5, 0.6) is 0 Å². The van der Waals surface area contributed by atoms with Crippen LogP contribution in [0.1, 0.15) is 60.0 Å². The molecule has 1 saturated heterocycles. The van der Waals surface area contributed by atoms with Crippen molar-refractivity contribution in [1.29, 1.82) is 0 Å². The second kappa shape index (κ2) is 9.93. The minimum absolute atomic E-state index is 0.0311. The third-order valence-corrected chi connectivity index (χ3v) is 7.29. The van der Waals surface area contributed by atoms with Gasteiger partial charge in [0.15, 0.2) is 11.6 Å². The fourth-order valence-corrected chi connectivity index (χ4v) is 5.05. The van der Waals surface area contributed by atoms with Gasteiger partial charge < -0.3 is 9.47 Å². The predicted molar refractivity (Wildman–Crippen MR) is 126 cm³/mol. The van der Waals surface area contributed by atoms with E-state index in [2.05, 4.69) is 0 Å². The van der Waals surface area contributed by atoms with Gasteiger partial charge in [0.1, 0.15) is 11.9 Å². The molecule has 178 valence electrons. The Morgan fingerprint density at radius 2 is 1.59 bits per heavy atom. The molecule has 34 heavy (non-hydrogen) atoms. The fraction of sp³-hybridized carbons (Fsp3) is 0.379. The third kappa shape index (κ3) is 4.91. The monoisotopic (exact) mass is 466 g/mol. The van der Waals surface area contributed by atoms with Crippen LogP contribution in [0.4, 0.5) is 13.2 Å². The molecular weight excluding hydrogens is 437 g/mol. The maximum Gasteiger partial charge on any atom is 0.166 e. The van der Waals surface area contributed by atoms with Crippen LogP contribution in [-0.2, 0) is 22.3 Å². The van der Waals surface area contributed by atoms with Crippen LogP contribution in [-0.4, -0.2) is 19.8 Å². The summed E-state index contributed by atoms with van der Waals surface area (Å²) in [5, 5.41) is 0. The second-order valence-corrected chi connectivity index (χ2v) is 9.41. The summed E-state index contributed by atoms with van der Waals surface area (Å²) in [5.41, 5.74) is 3.93. The molecule has 0 aromatic heterocycles. The first-order valence-corrected chi connectivity index (χ1v) is 12.0. The maximum absolute atomic E-state index is 15.0. The van der Waals surface area contributed by atoms with Gasteiger partial charge in [-0.3, -0.25) is 0 Å². The van der Waals surface area contributed by atoms with Crippen molar-refractivity contribution in [2.75, 3.05) is 13.7 Å². The Morgan fingerprint density at radius 3 is 2.24 bits per heavy atom. The van der Waals surface area contributed by atoms with Crippen LogP contribution in [0, 0.1) is 17.5 Å². The van der Waals surface area contributed by atoms with Crippen LogP contribution in [0.2, 0.25) is 0 Å². The van der Waals surface area contributed by atoms with E-state index in [0.29, 0.717) is 36.1 Å². The summed E-state index contributed by atoms with van der Waals surface area (Å²) in [4.78, 5) is 0. The molecule has 1 unspecified atom stereocenters. The van der Waals surface area contributed by atoms with E-state index in [1.165, 1.54) is 0 Å². The van der Waals surface area contributed by atoms with Gasteiger partial charge in [-0.05, 0) is 78.3 Å². The van der Waals surface area contributed by atoms with Gasteiger partial charge in [0.25, 0.3) is 0 Å². The highest BCUT2D eigenvalue weighted by atomic mass is 19.2. The molecule has 3 aromatic rings. The van der Waals surface area contributed by atoms with E-state index in [0.717, 1.165) is 36.8 Å². The molecule has 3 aromatic carbocycles. The molecule has 0 radical (unpaired) electrons. The van der Waals surface area contributed by atoms with Gasteiger partial charge in [-0.2, -0.15) is 0 Å². The van der Waals surface area contributed by atoms with Gasteiger partial charge in [0, 0.05) is 12.7 Å². The quantitative estimate of drug-likeness (QED) is 0.341. The summed E-state index contributed by atoms with van der Waals surface area (Å²) < 4.78 is 54.9. The highest BCUT2D eigenvalue weighted by molar-refractivity contribution is 5.65. The zero-order chi connectivity index (χ0) is 23.7. The Hall–Kier alpha value is -2.63. The maximum atomic E-state index is 15.0. The van der Waals surface area contributed by atoms with Crippen molar-refractivity contribution in [2.45, 2.75) is 56.7 Å². The highest BCUT2D eigenvalue weighted by Gasteiger charge is 2.27. The molecule has 1 atom stereocenters. The molecule has 2 fully saturated rings. The number of ether oxygens (including phenoxy) is 2. The topological polar surface area (TPSA) is 21.8 Å². The summed E-state index contributed by atoms with van der Waals surface area (Å²) in [7, 11) is 1.70. The Bertz CT molecular complexity index is 1150. The van der Waals surface area contributed by atoms with Gasteiger partial charge in [-0.25, -0.2) is 13.2 Å². The fourth-order valence-electron chi connectivity index (χ4n) is 5.05. The van der Waals surface area contributed by atoms with Gasteiger partial charge in [0.05, 0.1) is 12.7 Å². The minimum Gasteiger partial charge on any atom is -0.381 e. The molecule has 2 aliphatic rings. The zero-order valence-corrected chi connectivity index (χ0v) is 19.3. The number of hydrogen-bond acceptors (Lipinski definition) is 2. The standard InChI is InChI=1S/C29H29F3O2/c1-33-23-12-10-20(11-13-23)25-15-14-24(28(31)29(25)32)19-5-2-18(3-6-19)4-7-21-8-9-22(16-26(21)30)27-17-34-27/h2-3,5-6,8-9,14-16,20,23,27H,4,7,10-13,17H2,1H3. The molecule has 0 bridgehead atoms. The van der Waals surface area contributed by atoms with E-state index in [4.69, 9.17) is 9.47 Å². The van der Waals surface area contributed by atoms with Crippen molar-refractivity contribution in [3.8, 4) is 11.1 Å². The number of aryl methyl sites for hydroxylation is 2. The van der Waals surface area contributed by atoms with Crippen LogP contribution in [0.25, 0.3) is 11.1 Å². The summed E-state index contributed by atoms with van der Waals surface area (Å²) in [6.07, 6.45) is 4.84. The number of rotatable bonds is 7. The molecule has 1 aliphatic heterocycles. The Morgan fingerprint density at radius 1 is 0.853 bits per heavy atom. The summed E-state index contributed by atoms with van der Waals surface area (Å²) in [5.74, 6) is -1.71. The normalized spacial score (nSPS) is 22.1.